The van der Waals surface area contributed by atoms with Crippen LogP contribution in [-0.2, 0) is 0 Å². The lowest BCUT2D eigenvalue weighted by molar-refractivity contribution is 0.0953. The number of nitrogens with one attached hydrogen (secondary N) is 2. The number of hydrogen-bond acceptors (Lipinski definition) is 4. The summed E-state index contributed by atoms with van der Waals surface area (Å²) in [7, 11) is 0. The third-order valence-electron chi connectivity index (χ3n) is 3.19. The van der Waals surface area contributed by atoms with E-state index in [1.807, 2.05) is 5.43 Å². The predicted molar refractivity (Wildman–Crippen MR) is 84.2 cm³/mol. The summed E-state index contributed by atoms with van der Waals surface area (Å²) in [6.07, 6.45) is 4.22. The number of aromatic nitrogens is 2. The van der Waals surface area contributed by atoms with Gasteiger partial charge < -0.3 is 9.72 Å². The maximum Gasteiger partial charge on any atom is 0.268 e. The van der Waals surface area contributed by atoms with Crippen LogP contribution in [0.3, 0.4) is 0 Å². The number of nitrogen functional groups attached to an aromatic ring is 1. The van der Waals surface area contributed by atoms with Crippen molar-refractivity contribution in [3.63, 3.8) is 0 Å². The van der Waals surface area contributed by atoms with E-state index in [4.69, 9.17) is 5.84 Å². The van der Waals surface area contributed by atoms with E-state index in [-0.39, 0.29) is 22.6 Å². The van der Waals surface area contributed by atoms with Gasteiger partial charge in [-0.1, -0.05) is 15.9 Å². The van der Waals surface area contributed by atoms with Crippen LogP contribution in [-0.4, -0.2) is 15.3 Å². The van der Waals surface area contributed by atoms with Crippen molar-refractivity contribution in [3.05, 3.63) is 58.5 Å². The SMILES string of the molecule is NNC(=O)c1cn2ccnc2c(F)c1Nc1ccc(Br)cc1F. The van der Waals surface area contributed by atoms with E-state index in [0.717, 1.165) is 0 Å². The quantitative estimate of drug-likeness (QED) is 0.370. The van der Waals surface area contributed by atoms with Gasteiger partial charge in [-0.15, -0.1) is 0 Å². The van der Waals surface area contributed by atoms with Gasteiger partial charge in [-0.3, -0.25) is 10.2 Å². The van der Waals surface area contributed by atoms with Crippen LogP contribution >= 0.6 is 15.9 Å². The van der Waals surface area contributed by atoms with Crippen LogP contribution in [0.2, 0.25) is 0 Å². The van der Waals surface area contributed by atoms with Gasteiger partial charge in [0, 0.05) is 23.1 Å². The fourth-order valence-corrected chi connectivity index (χ4v) is 2.45. The van der Waals surface area contributed by atoms with Crippen molar-refractivity contribution in [2.75, 3.05) is 5.32 Å². The molecule has 4 N–H and O–H groups in total. The third-order valence-corrected chi connectivity index (χ3v) is 3.68. The molecule has 0 atom stereocenters. The molecule has 23 heavy (non-hydrogen) atoms. The molecule has 0 bridgehead atoms. The fraction of sp³-hybridized carbons (Fsp3) is 0. The summed E-state index contributed by atoms with van der Waals surface area (Å²) in [5, 5.41) is 2.59. The number of halogens is 3. The van der Waals surface area contributed by atoms with E-state index >= 15 is 0 Å². The van der Waals surface area contributed by atoms with Crippen LogP contribution in [0, 0.1) is 11.6 Å². The molecule has 0 aliphatic heterocycles. The van der Waals surface area contributed by atoms with Crippen molar-refractivity contribution in [2.24, 2.45) is 5.84 Å². The van der Waals surface area contributed by atoms with Gasteiger partial charge in [0.25, 0.3) is 5.91 Å². The van der Waals surface area contributed by atoms with Gasteiger partial charge in [0.2, 0.25) is 0 Å². The zero-order chi connectivity index (χ0) is 16.6. The summed E-state index contributed by atoms with van der Waals surface area (Å²) in [6.45, 7) is 0. The molecule has 0 saturated heterocycles. The zero-order valence-electron chi connectivity index (χ0n) is 11.5. The first kappa shape index (κ1) is 15.4. The maximum atomic E-state index is 14.7. The molecule has 3 aromatic rings. The standard InChI is InChI=1S/C14H10BrF2N5O/c15-7-1-2-10(9(16)5-7)20-12-8(14(23)21-18)6-22-4-3-19-13(22)11(12)17/h1-6,20H,18H2,(H,21,23). The molecular weight excluding hydrogens is 372 g/mol. The average molecular weight is 382 g/mol. The monoisotopic (exact) mass is 381 g/mol. The highest BCUT2D eigenvalue weighted by molar-refractivity contribution is 9.10. The maximum absolute atomic E-state index is 14.7. The van der Waals surface area contributed by atoms with E-state index in [1.165, 1.54) is 35.1 Å². The minimum Gasteiger partial charge on any atom is -0.350 e. The zero-order valence-corrected chi connectivity index (χ0v) is 13.1. The number of fused-ring (bicyclic) bond motifs is 1. The predicted octanol–water partition coefficient (Wildman–Crippen LogP) is 2.72. The van der Waals surface area contributed by atoms with E-state index < -0.39 is 17.5 Å². The van der Waals surface area contributed by atoms with Gasteiger partial charge in [0.05, 0.1) is 16.9 Å². The summed E-state index contributed by atoms with van der Waals surface area (Å²) >= 11 is 3.14. The molecule has 0 aliphatic carbocycles. The second kappa shape index (κ2) is 5.94. The number of carbonyl (C=O) groups excluding carboxylic acids is 1. The molecule has 0 aliphatic rings. The molecule has 0 saturated carbocycles. The average Bonchev–Trinajstić information content (AvgIpc) is 3.00. The summed E-state index contributed by atoms with van der Waals surface area (Å²) in [6, 6.07) is 4.22. The first-order valence-electron chi connectivity index (χ1n) is 6.39. The molecule has 2 heterocycles. The van der Waals surface area contributed by atoms with Crippen molar-refractivity contribution < 1.29 is 13.6 Å². The Morgan fingerprint density at radius 2 is 2.13 bits per heavy atom. The van der Waals surface area contributed by atoms with Crippen molar-refractivity contribution >= 4 is 38.9 Å². The number of hydrogen-bond donors (Lipinski definition) is 3. The fourth-order valence-electron chi connectivity index (χ4n) is 2.12. The number of imidazole rings is 1. The van der Waals surface area contributed by atoms with Gasteiger partial charge in [-0.2, -0.15) is 0 Å². The molecule has 0 unspecified atom stereocenters. The minimum absolute atomic E-state index is 0.00130. The van der Waals surface area contributed by atoms with Gasteiger partial charge in [0.1, 0.15) is 5.82 Å². The Morgan fingerprint density at radius 3 is 2.83 bits per heavy atom. The number of amides is 1. The second-order valence-electron chi connectivity index (χ2n) is 4.61. The molecule has 118 valence electrons. The van der Waals surface area contributed by atoms with Gasteiger partial charge in [-0.05, 0) is 18.2 Å². The number of nitrogens with zero attached hydrogens (tertiary/aromatic N) is 2. The van der Waals surface area contributed by atoms with Crippen molar-refractivity contribution in [1.82, 2.24) is 14.8 Å². The number of hydrazine groups is 1. The van der Waals surface area contributed by atoms with Gasteiger partial charge in [-0.25, -0.2) is 19.6 Å². The number of nitrogens with two attached hydrogens (primary N) is 1. The number of anilines is 2. The van der Waals surface area contributed by atoms with Gasteiger partial charge in [0.15, 0.2) is 11.5 Å². The lowest BCUT2D eigenvalue weighted by Crippen LogP contribution is -2.31. The van der Waals surface area contributed by atoms with Crippen LogP contribution in [0.25, 0.3) is 5.65 Å². The first-order valence-corrected chi connectivity index (χ1v) is 7.18. The summed E-state index contributed by atoms with van der Waals surface area (Å²) in [5.41, 5.74) is 1.64. The molecule has 1 aromatic carbocycles. The van der Waals surface area contributed by atoms with Gasteiger partial charge >= 0.3 is 0 Å². The number of carbonyl (C=O) groups is 1. The smallest absolute Gasteiger partial charge is 0.268 e. The molecule has 6 nitrogen and oxygen atoms in total. The van der Waals surface area contributed by atoms with Crippen molar-refractivity contribution in [2.45, 2.75) is 0 Å². The molecule has 0 fully saturated rings. The lowest BCUT2D eigenvalue weighted by atomic mass is 10.2. The normalized spacial score (nSPS) is 10.8. The minimum atomic E-state index is -0.793. The number of rotatable bonds is 3. The Labute approximate surface area is 137 Å². The van der Waals surface area contributed by atoms with Crippen LogP contribution in [0.15, 0.2) is 41.3 Å². The largest absolute Gasteiger partial charge is 0.350 e. The van der Waals surface area contributed by atoms with Crippen LogP contribution in [0.4, 0.5) is 20.2 Å². The van der Waals surface area contributed by atoms with Crippen LogP contribution in [0.5, 0.6) is 0 Å². The molecule has 2 aromatic heterocycles. The highest BCUT2D eigenvalue weighted by atomic mass is 79.9. The molecule has 1 amide bonds. The summed E-state index contributed by atoms with van der Waals surface area (Å²) in [4.78, 5) is 15.8. The number of benzene rings is 1. The third kappa shape index (κ3) is 2.76. The van der Waals surface area contributed by atoms with E-state index in [2.05, 4.69) is 26.2 Å². The first-order chi connectivity index (χ1) is 11.0. The topological polar surface area (TPSA) is 84.5 Å². The molecular formula is C14H10BrF2N5O. The second-order valence-corrected chi connectivity index (χ2v) is 5.53. The Kier molecular flexibility index (Phi) is 3.97. The summed E-state index contributed by atoms with van der Waals surface area (Å²) in [5.74, 6) is 3.00. The lowest BCUT2D eigenvalue weighted by Gasteiger charge is -2.14. The molecule has 0 radical (unpaired) electrons. The van der Waals surface area contributed by atoms with Crippen LogP contribution < -0.4 is 16.6 Å². The van der Waals surface area contributed by atoms with Crippen molar-refractivity contribution in [1.29, 1.82) is 0 Å². The van der Waals surface area contributed by atoms with Crippen LogP contribution in [0.1, 0.15) is 10.4 Å². The number of pyridine rings is 1. The van der Waals surface area contributed by atoms with E-state index in [9.17, 15) is 13.6 Å². The van der Waals surface area contributed by atoms with Crippen molar-refractivity contribution in [3.8, 4) is 0 Å². The Bertz CT molecular complexity index is 912. The molecule has 0 spiro atoms. The Hall–Kier alpha value is -2.52. The highest BCUT2D eigenvalue weighted by Gasteiger charge is 2.20. The Balaban J connectivity index is 2.17. The molecule has 9 heteroatoms. The highest BCUT2D eigenvalue weighted by Crippen LogP contribution is 2.29. The summed E-state index contributed by atoms with van der Waals surface area (Å²) < 4.78 is 30.5. The van der Waals surface area contributed by atoms with E-state index in [1.54, 1.807) is 6.07 Å². The molecule has 3 rings (SSSR count). The van der Waals surface area contributed by atoms with E-state index in [0.29, 0.717) is 4.47 Å². The Morgan fingerprint density at radius 1 is 1.35 bits per heavy atom.